The molecule has 2 nitrogen and oxygen atoms in total. The highest BCUT2D eigenvalue weighted by Gasteiger charge is 2.16. The lowest BCUT2D eigenvalue weighted by Gasteiger charge is -2.17. The van der Waals surface area contributed by atoms with Crippen LogP contribution in [0, 0.1) is 6.92 Å². The van der Waals surface area contributed by atoms with Crippen molar-refractivity contribution in [3.63, 3.8) is 0 Å². The molecule has 0 saturated heterocycles. The van der Waals surface area contributed by atoms with Crippen LogP contribution in [0.15, 0.2) is 35.7 Å². The van der Waals surface area contributed by atoms with E-state index in [4.69, 9.17) is 4.74 Å². The van der Waals surface area contributed by atoms with Crippen LogP contribution >= 0.6 is 22.7 Å². The second-order valence-corrected chi connectivity index (χ2v) is 7.22. The van der Waals surface area contributed by atoms with Crippen molar-refractivity contribution in [2.24, 2.45) is 0 Å². The number of hydrogen-bond donors (Lipinski definition) is 1. The monoisotopic (exact) mass is 317 g/mol. The zero-order valence-corrected chi connectivity index (χ0v) is 14.1. The van der Waals surface area contributed by atoms with E-state index in [-0.39, 0.29) is 0 Å². The van der Waals surface area contributed by atoms with Gasteiger partial charge in [-0.05, 0) is 49.5 Å². The summed E-state index contributed by atoms with van der Waals surface area (Å²) in [6.07, 6.45) is 0.940. The van der Waals surface area contributed by atoms with Crippen molar-refractivity contribution in [1.29, 1.82) is 0 Å². The number of thiophene rings is 2. The Kier molecular flexibility index (Phi) is 4.29. The number of aryl methyl sites for hydroxylation is 1. The second-order valence-electron chi connectivity index (χ2n) is 5.16. The lowest BCUT2D eigenvalue weighted by atomic mass is 10.0. The summed E-state index contributed by atoms with van der Waals surface area (Å²) in [6, 6.07) is 11.2. The summed E-state index contributed by atoms with van der Waals surface area (Å²) < 4.78 is 8.27. The maximum absolute atomic E-state index is 5.50. The van der Waals surface area contributed by atoms with Gasteiger partial charge in [0, 0.05) is 20.3 Å². The molecule has 3 aromatic rings. The average Bonchev–Trinajstić information content (AvgIpc) is 3.06. The Morgan fingerprint density at radius 1 is 1.19 bits per heavy atom. The Morgan fingerprint density at radius 3 is 2.76 bits per heavy atom. The minimum absolute atomic E-state index is 0.324. The van der Waals surface area contributed by atoms with Crippen molar-refractivity contribution in [3.8, 4) is 5.75 Å². The SMILES string of the molecule is CNC(Cc1cc(C)ccc1OC)c1cc2sccc2s1. The Morgan fingerprint density at radius 2 is 2.05 bits per heavy atom. The predicted octanol–water partition coefficient (Wildman–Crippen LogP) is 4.78. The van der Waals surface area contributed by atoms with E-state index in [0.29, 0.717) is 6.04 Å². The standard InChI is InChI=1S/C17H19NOS2/c1-11-4-5-14(19-3)12(8-11)9-13(18-2)16-10-17-15(21-16)6-7-20-17/h4-8,10,13,18H,9H2,1-3H3. The fraction of sp³-hybridized carbons (Fsp3) is 0.294. The fourth-order valence-corrected chi connectivity index (χ4v) is 4.82. The molecule has 3 rings (SSSR count). The lowest BCUT2D eigenvalue weighted by molar-refractivity contribution is 0.406. The summed E-state index contributed by atoms with van der Waals surface area (Å²) in [4.78, 5) is 1.39. The highest BCUT2D eigenvalue weighted by atomic mass is 32.1. The van der Waals surface area contributed by atoms with Gasteiger partial charge < -0.3 is 10.1 Å². The first-order valence-corrected chi connectivity index (χ1v) is 8.68. The third kappa shape index (κ3) is 2.98. The number of likely N-dealkylation sites (N-methyl/N-ethyl adjacent to an activating group) is 1. The highest BCUT2D eigenvalue weighted by molar-refractivity contribution is 7.26. The molecule has 1 N–H and O–H groups in total. The van der Waals surface area contributed by atoms with Crippen LogP contribution in [0.3, 0.4) is 0 Å². The largest absolute Gasteiger partial charge is 0.496 e. The summed E-state index contributed by atoms with van der Waals surface area (Å²) >= 11 is 3.69. The van der Waals surface area contributed by atoms with E-state index >= 15 is 0 Å². The molecule has 0 aliphatic heterocycles. The van der Waals surface area contributed by atoms with Crippen molar-refractivity contribution in [2.75, 3.05) is 14.2 Å². The van der Waals surface area contributed by atoms with Crippen LogP contribution in [-0.4, -0.2) is 14.2 Å². The van der Waals surface area contributed by atoms with Crippen LogP contribution in [0.1, 0.15) is 22.0 Å². The quantitative estimate of drug-likeness (QED) is 0.731. The summed E-state index contributed by atoms with van der Waals surface area (Å²) in [5.74, 6) is 0.971. The van der Waals surface area contributed by atoms with E-state index in [0.717, 1.165) is 12.2 Å². The number of benzene rings is 1. The topological polar surface area (TPSA) is 21.3 Å². The number of fused-ring (bicyclic) bond motifs is 1. The number of hydrogen-bond acceptors (Lipinski definition) is 4. The molecular formula is C17H19NOS2. The summed E-state index contributed by atoms with van der Waals surface area (Å²) in [7, 11) is 3.77. The van der Waals surface area contributed by atoms with Crippen molar-refractivity contribution < 1.29 is 4.74 Å². The number of nitrogens with one attached hydrogen (secondary N) is 1. The van der Waals surface area contributed by atoms with E-state index < -0.39 is 0 Å². The molecule has 21 heavy (non-hydrogen) atoms. The Balaban J connectivity index is 1.90. The minimum Gasteiger partial charge on any atom is -0.496 e. The smallest absolute Gasteiger partial charge is 0.122 e. The van der Waals surface area contributed by atoms with Gasteiger partial charge >= 0.3 is 0 Å². The van der Waals surface area contributed by atoms with E-state index in [1.54, 1.807) is 7.11 Å². The van der Waals surface area contributed by atoms with Crippen LogP contribution in [0.5, 0.6) is 5.75 Å². The molecule has 0 saturated carbocycles. The number of rotatable bonds is 5. The van der Waals surface area contributed by atoms with Gasteiger partial charge in [0.15, 0.2) is 0 Å². The normalized spacial score (nSPS) is 12.7. The van der Waals surface area contributed by atoms with E-state index in [9.17, 15) is 0 Å². The first kappa shape index (κ1) is 14.6. The van der Waals surface area contributed by atoms with Gasteiger partial charge in [0.1, 0.15) is 5.75 Å². The van der Waals surface area contributed by atoms with E-state index in [2.05, 4.69) is 48.0 Å². The van der Waals surface area contributed by atoms with Gasteiger partial charge in [-0.2, -0.15) is 0 Å². The van der Waals surface area contributed by atoms with Crippen molar-refractivity contribution in [3.05, 3.63) is 51.7 Å². The fourth-order valence-electron chi connectivity index (χ4n) is 2.59. The molecular weight excluding hydrogens is 298 g/mol. The Labute approximate surface area is 133 Å². The van der Waals surface area contributed by atoms with Gasteiger partial charge in [-0.1, -0.05) is 17.7 Å². The van der Waals surface area contributed by atoms with Crippen LogP contribution in [0.25, 0.3) is 9.40 Å². The molecule has 0 bridgehead atoms. The zero-order chi connectivity index (χ0) is 14.8. The molecule has 1 unspecified atom stereocenters. The molecule has 2 aromatic heterocycles. The van der Waals surface area contributed by atoms with Gasteiger partial charge in [-0.3, -0.25) is 0 Å². The summed E-state index contributed by atoms with van der Waals surface area (Å²) in [5.41, 5.74) is 2.53. The molecule has 0 amide bonds. The molecule has 110 valence electrons. The minimum atomic E-state index is 0.324. The van der Waals surface area contributed by atoms with Gasteiger partial charge in [0.25, 0.3) is 0 Å². The van der Waals surface area contributed by atoms with E-state index in [1.807, 2.05) is 29.7 Å². The first-order chi connectivity index (χ1) is 10.2. The van der Waals surface area contributed by atoms with E-state index in [1.165, 1.54) is 25.4 Å². The van der Waals surface area contributed by atoms with Crippen LogP contribution in [-0.2, 0) is 6.42 Å². The third-order valence-electron chi connectivity index (χ3n) is 3.71. The molecule has 1 atom stereocenters. The molecule has 0 aliphatic rings. The number of methoxy groups -OCH3 is 1. The average molecular weight is 317 g/mol. The highest BCUT2D eigenvalue weighted by Crippen LogP contribution is 2.35. The summed E-state index contributed by atoms with van der Waals surface area (Å²) in [6.45, 7) is 2.12. The Bertz CT molecular complexity index is 716. The molecule has 4 heteroatoms. The molecule has 0 aliphatic carbocycles. The maximum atomic E-state index is 5.50. The third-order valence-corrected chi connectivity index (χ3v) is 5.92. The molecule has 1 aromatic carbocycles. The van der Waals surface area contributed by atoms with Crippen molar-refractivity contribution in [1.82, 2.24) is 5.32 Å². The van der Waals surface area contributed by atoms with Gasteiger partial charge in [0.2, 0.25) is 0 Å². The van der Waals surface area contributed by atoms with Gasteiger partial charge in [-0.25, -0.2) is 0 Å². The van der Waals surface area contributed by atoms with Crippen molar-refractivity contribution in [2.45, 2.75) is 19.4 Å². The lowest BCUT2D eigenvalue weighted by Crippen LogP contribution is -2.18. The second kappa shape index (κ2) is 6.18. The predicted molar refractivity (Wildman–Crippen MR) is 92.9 cm³/mol. The molecule has 2 heterocycles. The van der Waals surface area contributed by atoms with Gasteiger partial charge in [-0.15, -0.1) is 22.7 Å². The van der Waals surface area contributed by atoms with Crippen LogP contribution < -0.4 is 10.1 Å². The van der Waals surface area contributed by atoms with Crippen LogP contribution in [0.4, 0.5) is 0 Å². The molecule has 0 fully saturated rings. The molecule has 0 radical (unpaired) electrons. The molecule has 0 spiro atoms. The van der Waals surface area contributed by atoms with Crippen LogP contribution in [0.2, 0.25) is 0 Å². The maximum Gasteiger partial charge on any atom is 0.122 e. The first-order valence-electron chi connectivity index (χ1n) is 6.99. The Hall–Kier alpha value is -1.36. The van der Waals surface area contributed by atoms with Crippen molar-refractivity contribution >= 4 is 32.1 Å². The summed E-state index contributed by atoms with van der Waals surface area (Å²) in [5, 5.41) is 5.60. The van der Waals surface area contributed by atoms with Gasteiger partial charge in [0.05, 0.1) is 7.11 Å². The number of ether oxygens (including phenoxy) is 1. The zero-order valence-electron chi connectivity index (χ0n) is 12.5.